The predicted octanol–water partition coefficient (Wildman–Crippen LogP) is 2.82. The summed E-state index contributed by atoms with van der Waals surface area (Å²) in [5, 5.41) is 3.37. The molecule has 1 saturated heterocycles. The lowest BCUT2D eigenvalue weighted by molar-refractivity contribution is -0.128. The van der Waals surface area contributed by atoms with Crippen LogP contribution < -0.4 is 5.32 Å². The van der Waals surface area contributed by atoms with E-state index < -0.39 is 0 Å². The average molecular weight is 274 g/mol. The third-order valence-electron chi connectivity index (χ3n) is 4.42. The Kier molecular flexibility index (Phi) is 4.81. The lowest BCUT2D eigenvalue weighted by Crippen LogP contribution is -2.35. The first-order valence-corrected chi connectivity index (χ1v) is 7.57. The van der Waals surface area contributed by atoms with Crippen LogP contribution in [-0.4, -0.2) is 30.9 Å². The number of hydrogen-bond donors (Lipinski definition) is 1. The van der Waals surface area contributed by atoms with Crippen molar-refractivity contribution in [3.63, 3.8) is 0 Å². The van der Waals surface area contributed by atoms with Crippen molar-refractivity contribution in [3.05, 3.63) is 34.9 Å². The molecule has 0 radical (unpaired) electrons. The van der Waals surface area contributed by atoms with Crippen LogP contribution in [0.5, 0.6) is 0 Å². The van der Waals surface area contributed by atoms with Gasteiger partial charge < -0.3 is 10.2 Å². The molecule has 1 N–H and O–H groups in total. The molecule has 2 atom stereocenters. The van der Waals surface area contributed by atoms with E-state index in [1.165, 1.54) is 16.7 Å². The quantitative estimate of drug-likeness (QED) is 0.895. The zero-order valence-corrected chi connectivity index (χ0v) is 13.1. The van der Waals surface area contributed by atoms with Crippen molar-refractivity contribution in [1.82, 2.24) is 10.2 Å². The van der Waals surface area contributed by atoms with Crippen LogP contribution in [-0.2, 0) is 4.79 Å². The Hall–Kier alpha value is -1.35. The van der Waals surface area contributed by atoms with Crippen LogP contribution >= 0.6 is 0 Å². The predicted molar refractivity (Wildman–Crippen MR) is 82.7 cm³/mol. The average Bonchev–Trinajstić information content (AvgIpc) is 2.77. The number of carbonyl (C=O) groups is 1. The van der Waals surface area contributed by atoms with Gasteiger partial charge in [-0.25, -0.2) is 0 Å². The highest BCUT2D eigenvalue weighted by Gasteiger charge is 2.30. The first-order chi connectivity index (χ1) is 9.55. The molecule has 0 saturated carbocycles. The minimum Gasteiger partial charge on any atom is -0.340 e. The van der Waals surface area contributed by atoms with E-state index in [1.807, 2.05) is 11.9 Å². The number of carbonyl (C=O) groups excluding carboxylic acids is 1. The van der Waals surface area contributed by atoms with E-state index in [4.69, 9.17) is 0 Å². The van der Waals surface area contributed by atoms with E-state index in [1.54, 1.807) is 0 Å². The largest absolute Gasteiger partial charge is 0.340 e. The number of rotatable bonds is 5. The molecule has 1 heterocycles. The molecule has 110 valence electrons. The zero-order chi connectivity index (χ0) is 14.7. The van der Waals surface area contributed by atoms with Gasteiger partial charge in [-0.15, -0.1) is 0 Å². The van der Waals surface area contributed by atoms with E-state index in [2.05, 4.69) is 44.3 Å². The Balaban J connectivity index is 2.11. The van der Waals surface area contributed by atoms with Crippen molar-refractivity contribution in [2.24, 2.45) is 5.92 Å². The van der Waals surface area contributed by atoms with Crippen LogP contribution in [0.4, 0.5) is 0 Å². The normalized spacial score (nSPS) is 20.5. The fraction of sp³-hybridized carbons (Fsp3) is 0.588. The van der Waals surface area contributed by atoms with Crippen molar-refractivity contribution >= 4 is 5.91 Å². The molecule has 20 heavy (non-hydrogen) atoms. The molecule has 2 rings (SSSR count). The van der Waals surface area contributed by atoms with E-state index in [9.17, 15) is 4.79 Å². The Morgan fingerprint density at radius 2 is 2.15 bits per heavy atom. The van der Waals surface area contributed by atoms with Crippen LogP contribution in [0.2, 0.25) is 0 Å². The fourth-order valence-corrected chi connectivity index (χ4v) is 3.09. The van der Waals surface area contributed by atoms with Crippen LogP contribution in [0.3, 0.4) is 0 Å². The third-order valence-corrected chi connectivity index (χ3v) is 4.42. The number of nitrogens with one attached hydrogen (secondary N) is 1. The number of nitrogens with zero attached hydrogens (tertiary/aromatic N) is 1. The molecular formula is C17H26N2O. The maximum atomic E-state index is 12.1. The zero-order valence-electron chi connectivity index (χ0n) is 13.1. The minimum absolute atomic E-state index is 0.218. The van der Waals surface area contributed by atoms with Crippen molar-refractivity contribution < 1.29 is 4.79 Å². The van der Waals surface area contributed by atoms with E-state index in [0.717, 1.165) is 25.9 Å². The summed E-state index contributed by atoms with van der Waals surface area (Å²) < 4.78 is 0. The number of likely N-dealkylation sites (tertiary alicyclic amines) is 1. The first kappa shape index (κ1) is 15.0. The van der Waals surface area contributed by atoms with Gasteiger partial charge in [0, 0.05) is 25.6 Å². The standard InChI is InChI=1S/C17H26N2O/c1-5-14-9-17(20)19(10-14)11-16(18-4)15-7-6-12(2)8-13(15)3/h6-8,14,16,18H,5,9-11H2,1-4H3. The molecule has 1 aliphatic rings. The summed E-state index contributed by atoms with van der Waals surface area (Å²) >= 11 is 0. The number of aryl methyl sites for hydroxylation is 2. The SMILES string of the molecule is CCC1CC(=O)N(CC(NC)c2ccc(C)cc2C)C1. The Bertz CT molecular complexity index is 484. The molecule has 2 unspecified atom stereocenters. The van der Waals surface area contributed by atoms with Gasteiger partial charge in [-0.3, -0.25) is 4.79 Å². The summed E-state index contributed by atoms with van der Waals surface area (Å²) in [5.41, 5.74) is 3.87. The van der Waals surface area contributed by atoms with Crippen molar-refractivity contribution in [3.8, 4) is 0 Å². The molecule has 0 aliphatic carbocycles. The number of hydrogen-bond acceptors (Lipinski definition) is 2. The van der Waals surface area contributed by atoms with Crippen LogP contribution in [0.15, 0.2) is 18.2 Å². The summed E-state index contributed by atoms with van der Waals surface area (Å²) in [5.74, 6) is 0.848. The summed E-state index contributed by atoms with van der Waals surface area (Å²) in [6.07, 6.45) is 1.82. The van der Waals surface area contributed by atoms with Gasteiger partial charge in [0.1, 0.15) is 0 Å². The smallest absolute Gasteiger partial charge is 0.222 e. The number of likely N-dealkylation sites (N-methyl/N-ethyl adjacent to an activating group) is 1. The molecule has 1 fully saturated rings. The Labute approximate surface area is 122 Å². The topological polar surface area (TPSA) is 32.3 Å². The number of amides is 1. The first-order valence-electron chi connectivity index (χ1n) is 7.57. The minimum atomic E-state index is 0.218. The van der Waals surface area contributed by atoms with Crippen molar-refractivity contribution in [1.29, 1.82) is 0 Å². The van der Waals surface area contributed by atoms with Crippen LogP contribution in [0.25, 0.3) is 0 Å². The van der Waals surface area contributed by atoms with Gasteiger partial charge in [0.25, 0.3) is 0 Å². The number of benzene rings is 1. The maximum Gasteiger partial charge on any atom is 0.222 e. The summed E-state index contributed by atoms with van der Waals surface area (Å²) in [7, 11) is 1.97. The fourth-order valence-electron chi connectivity index (χ4n) is 3.09. The monoisotopic (exact) mass is 274 g/mol. The summed E-state index contributed by atoms with van der Waals surface area (Å²) in [4.78, 5) is 14.1. The van der Waals surface area contributed by atoms with Gasteiger partial charge in [0.15, 0.2) is 0 Å². The lowest BCUT2D eigenvalue weighted by atomic mass is 9.99. The molecule has 1 aromatic carbocycles. The molecular weight excluding hydrogens is 248 g/mol. The van der Waals surface area contributed by atoms with Crippen molar-refractivity contribution in [2.45, 2.75) is 39.7 Å². The van der Waals surface area contributed by atoms with Gasteiger partial charge in [-0.2, -0.15) is 0 Å². The Morgan fingerprint density at radius 3 is 2.70 bits per heavy atom. The van der Waals surface area contributed by atoms with Gasteiger partial charge in [-0.05, 0) is 37.9 Å². The van der Waals surface area contributed by atoms with Gasteiger partial charge >= 0.3 is 0 Å². The third kappa shape index (κ3) is 3.21. The molecule has 3 heteroatoms. The van der Waals surface area contributed by atoms with Gasteiger partial charge in [0.05, 0.1) is 0 Å². The van der Waals surface area contributed by atoms with Crippen molar-refractivity contribution in [2.75, 3.05) is 20.1 Å². The maximum absolute atomic E-state index is 12.1. The molecule has 1 amide bonds. The van der Waals surface area contributed by atoms with E-state index in [-0.39, 0.29) is 6.04 Å². The highest BCUT2D eigenvalue weighted by Crippen LogP contribution is 2.25. The highest BCUT2D eigenvalue weighted by molar-refractivity contribution is 5.78. The summed E-state index contributed by atoms with van der Waals surface area (Å²) in [6.45, 7) is 8.11. The van der Waals surface area contributed by atoms with Crippen LogP contribution in [0, 0.1) is 19.8 Å². The molecule has 0 aromatic heterocycles. The second kappa shape index (κ2) is 6.40. The van der Waals surface area contributed by atoms with Gasteiger partial charge in [-0.1, -0.05) is 37.1 Å². The second-order valence-electron chi connectivity index (χ2n) is 5.98. The Morgan fingerprint density at radius 1 is 1.40 bits per heavy atom. The highest BCUT2D eigenvalue weighted by atomic mass is 16.2. The van der Waals surface area contributed by atoms with E-state index >= 15 is 0 Å². The molecule has 3 nitrogen and oxygen atoms in total. The van der Waals surface area contributed by atoms with Gasteiger partial charge in [0.2, 0.25) is 5.91 Å². The lowest BCUT2D eigenvalue weighted by Gasteiger charge is -2.25. The van der Waals surface area contributed by atoms with E-state index in [0.29, 0.717) is 11.8 Å². The molecule has 0 spiro atoms. The molecule has 0 bridgehead atoms. The second-order valence-corrected chi connectivity index (χ2v) is 5.98. The summed E-state index contributed by atoms with van der Waals surface area (Å²) in [6, 6.07) is 6.76. The molecule has 1 aromatic rings. The molecule has 1 aliphatic heterocycles. The van der Waals surface area contributed by atoms with Crippen LogP contribution in [0.1, 0.15) is 42.5 Å².